The third kappa shape index (κ3) is 3.72. The van der Waals surface area contributed by atoms with Crippen LogP contribution in [0.1, 0.15) is 22.2 Å². The van der Waals surface area contributed by atoms with Crippen molar-refractivity contribution in [2.24, 2.45) is 0 Å². The molecule has 3 rings (SSSR count). The number of thiophene rings is 1. The summed E-state index contributed by atoms with van der Waals surface area (Å²) < 4.78 is 0. The Morgan fingerprint density at radius 1 is 1.00 bits per heavy atom. The lowest BCUT2D eigenvalue weighted by atomic mass is 9.93. The van der Waals surface area contributed by atoms with Crippen molar-refractivity contribution in [3.8, 4) is 11.1 Å². The van der Waals surface area contributed by atoms with Gasteiger partial charge in [-0.25, -0.2) is 0 Å². The fourth-order valence-electron chi connectivity index (χ4n) is 2.50. The van der Waals surface area contributed by atoms with Crippen molar-refractivity contribution < 1.29 is 9.90 Å². The van der Waals surface area contributed by atoms with E-state index in [9.17, 15) is 9.90 Å². The molecule has 3 nitrogen and oxygen atoms in total. The molecule has 3 aromatic rings. The van der Waals surface area contributed by atoms with Crippen LogP contribution in [0.25, 0.3) is 11.1 Å². The summed E-state index contributed by atoms with van der Waals surface area (Å²) in [6, 6.07) is 21.5. The first-order chi connectivity index (χ1) is 11.6. The van der Waals surface area contributed by atoms with E-state index in [2.05, 4.69) is 5.32 Å². The van der Waals surface area contributed by atoms with E-state index in [0.29, 0.717) is 4.88 Å². The Labute approximate surface area is 145 Å². The minimum atomic E-state index is -1.12. The van der Waals surface area contributed by atoms with Crippen molar-refractivity contribution in [2.45, 2.75) is 12.5 Å². The quantitative estimate of drug-likeness (QED) is 0.738. The maximum absolute atomic E-state index is 12.0. The van der Waals surface area contributed by atoms with Crippen molar-refractivity contribution in [1.29, 1.82) is 0 Å². The Hall–Kier alpha value is -2.43. The van der Waals surface area contributed by atoms with Gasteiger partial charge in [0, 0.05) is 0 Å². The van der Waals surface area contributed by atoms with Crippen LogP contribution in [0.15, 0.2) is 72.1 Å². The Balaban J connectivity index is 1.69. The van der Waals surface area contributed by atoms with E-state index in [0.717, 1.165) is 16.7 Å². The third-order valence-corrected chi connectivity index (χ3v) is 4.82. The van der Waals surface area contributed by atoms with E-state index in [4.69, 9.17) is 0 Å². The SMILES string of the molecule is CC(O)(CNC(=O)c1cccs1)c1ccc(-c2ccccc2)cc1. The van der Waals surface area contributed by atoms with Crippen LogP contribution >= 0.6 is 11.3 Å². The van der Waals surface area contributed by atoms with E-state index in [1.807, 2.05) is 66.0 Å². The van der Waals surface area contributed by atoms with Crippen LogP contribution < -0.4 is 5.32 Å². The van der Waals surface area contributed by atoms with Crippen LogP contribution in [0.2, 0.25) is 0 Å². The normalized spacial score (nSPS) is 13.2. The zero-order chi connectivity index (χ0) is 17.0. The van der Waals surface area contributed by atoms with Gasteiger partial charge in [0.05, 0.1) is 11.4 Å². The molecular formula is C20H19NO2S. The molecule has 0 aliphatic carbocycles. The van der Waals surface area contributed by atoms with Crippen LogP contribution in [-0.4, -0.2) is 17.6 Å². The van der Waals surface area contributed by atoms with Crippen LogP contribution in [0.5, 0.6) is 0 Å². The fraction of sp³-hybridized carbons (Fsp3) is 0.150. The Bertz CT molecular complexity index is 793. The number of benzene rings is 2. The zero-order valence-corrected chi connectivity index (χ0v) is 14.2. The Morgan fingerprint density at radius 2 is 1.67 bits per heavy atom. The molecule has 1 aromatic heterocycles. The number of hydrogen-bond donors (Lipinski definition) is 2. The molecule has 0 fully saturated rings. The monoisotopic (exact) mass is 337 g/mol. The molecule has 0 saturated heterocycles. The van der Waals surface area contributed by atoms with Crippen molar-refractivity contribution in [3.63, 3.8) is 0 Å². The second kappa shape index (κ2) is 6.99. The van der Waals surface area contributed by atoms with Crippen molar-refractivity contribution in [3.05, 3.63) is 82.6 Å². The van der Waals surface area contributed by atoms with E-state index in [1.165, 1.54) is 11.3 Å². The predicted octanol–water partition coefficient (Wildman–Crippen LogP) is 4.05. The molecule has 2 N–H and O–H groups in total. The average molecular weight is 337 g/mol. The van der Waals surface area contributed by atoms with Gasteiger partial charge in [0.15, 0.2) is 0 Å². The minimum Gasteiger partial charge on any atom is -0.384 e. The lowest BCUT2D eigenvalue weighted by Crippen LogP contribution is -2.38. The highest BCUT2D eigenvalue weighted by Crippen LogP contribution is 2.25. The number of nitrogens with one attached hydrogen (secondary N) is 1. The van der Waals surface area contributed by atoms with Gasteiger partial charge < -0.3 is 10.4 Å². The zero-order valence-electron chi connectivity index (χ0n) is 13.4. The summed E-state index contributed by atoms with van der Waals surface area (Å²) in [5.41, 5.74) is 1.88. The summed E-state index contributed by atoms with van der Waals surface area (Å²) in [4.78, 5) is 12.7. The van der Waals surface area contributed by atoms with Gasteiger partial charge in [-0.05, 0) is 35.1 Å². The van der Waals surface area contributed by atoms with E-state index in [1.54, 1.807) is 13.0 Å². The molecule has 1 amide bonds. The van der Waals surface area contributed by atoms with Crippen LogP contribution in [0.3, 0.4) is 0 Å². The predicted molar refractivity (Wildman–Crippen MR) is 98.1 cm³/mol. The second-order valence-corrected chi connectivity index (χ2v) is 6.82. The van der Waals surface area contributed by atoms with Gasteiger partial charge in [-0.1, -0.05) is 60.7 Å². The van der Waals surface area contributed by atoms with E-state index >= 15 is 0 Å². The maximum atomic E-state index is 12.0. The van der Waals surface area contributed by atoms with E-state index < -0.39 is 5.60 Å². The summed E-state index contributed by atoms with van der Waals surface area (Å²) >= 11 is 1.38. The van der Waals surface area contributed by atoms with Gasteiger partial charge in [-0.3, -0.25) is 4.79 Å². The van der Waals surface area contributed by atoms with Gasteiger partial charge in [0.1, 0.15) is 5.60 Å². The summed E-state index contributed by atoms with van der Waals surface area (Å²) in [5.74, 6) is -0.161. The standard InChI is InChI=1S/C20H19NO2S/c1-20(23,14-21-19(22)18-8-5-13-24-18)17-11-9-16(10-12-17)15-6-3-2-4-7-15/h2-13,23H,14H2,1H3,(H,21,22). The van der Waals surface area contributed by atoms with Crippen LogP contribution in [0.4, 0.5) is 0 Å². The largest absolute Gasteiger partial charge is 0.384 e. The van der Waals surface area contributed by atoms with Crippen molar-refractivity contribution in [2.75, 3.05) is 6.54 Å². The Morgan fingerprint density at radius 3 is 2.29 bits per heavy atom. The molecule has 0 bridgehead atoms. The molecule has 0 saturated carbocycles. The first-order valence-corrected chi connectivity index (χ1v) is 8.64. The smallest absolute Gasteiger partial charge is 0.261 e. The fourth-order valence-corrected chi connectivity index (χ4v) is 3.14. The molecule has 24 heavy (non-hydrogen) atoms. The number of amides is 1. The molecule has 122 valence electrons. The average Bonchev–Trinajstić information content (AvgIpc) is 3.15. The van der Waals surface area contributed by atoms with Crippen LogP contribution in [-0.2, 0) is 5.60 Å². The molecule has 0 spiro atoms. The highest BCUT2D eigenvalue weighted by Gasteiger charge is 2.24. The number of carbonyl (C=O) groups excluding carboxylic acids is 1. The highest BCUT2D eigenvalue weighted by atomic mass is 32.1. The first kappa shape index (κ1) is 16.4. The topological polar surface area (TPSA) is 49.3 Å². The van der Waals surface area contributed by atoms with Gasteiger partial charge in [0.25, 0.3) is 5.91 Å². The molecule has 1 unspecified atom stereocenters. The lowest BCUT2D eigenvalue weighted by molar-refractivity contribution is 0.0527. The third-order valence-electron chi connectivity index (χ3n) is 3.95. The molecular weight excluding hydrogens is 318 g/mol. The molecule has 0 aliphatic heterocycles. The van der Waals surface area contributed by atoms with E-state index in [-0.39, 0.29) is 12.5 Å². The highest BCUT2D eigenvalue weighted by molar-refractivity contribution is 7.12. The maximum Gasteiger partial charge on any atom is 0.261 e. The first-order valence-electron chi connectivity index (χ1n) is 7.76. The summed E-state index contributed by atoms with van der Waals surface area (Å²) in [6.45, 7) is 1.87. The summed E-state index contributed by atoms with van der Waals surface area (Å²) in [5, 5.41) is 15.3. The van der Waals surface area contributed by atoms with Crippen LogP contribution in [0, 0.1) is 0 Å². The second-order valence-electron chi connectivity index (χ2n) is 5.88. The lowest BCUT2D eigenvalue weighted by Gasteiger charge is -2.24. The molecule has 1 heterocycles. The molecule has 4 heteroatoms. The van der Waals surface area contributed by atoms with Gasteiger partial charge in [0.2, 0.25) is 0 Å². The summed E-state index contributed by atoms with van der Waals surface area (Å²) in [7, 11) is 0. The summed E-state index contributed by atoms with van der Waals surface area (Å²) in [6.07, 6.45) is 0. The molecule has 0 radical (unpaired) electrons. The minimum absolute atomic E-state index is 0.161. The Kier molecular flexibility index (Phi) is 4.79. The molecule has 1 atom stereocenters. The number of rotatable bonds is 5. The van der Waals surface area contributed by atoms with Gasteiger partial charge in [-0.2, -0.15) is 0 Å². The number of carbonyl (C=O) groups is 1. The van der Waals surface area contributed by atoms with Crippen molar-refractivity contribution in [1.82, 2.24) is 5.32 Å². The molecule has 2 aromatic carbocycles. The van der Waals surface area contributed by atoms with Gasteiger partial charge in [-0.15, -0.1) is 11.3 Å². The van der Waals surface area contributed by atoms with Gasteiger partial charge >= 0.3 is 0 Å². The number of aliphatic hydroxyl groups is 1. The number of hydrogen-bond acceptors (Lipinski definition) is 3. The van der Waals surface area contributed by atoms with Crippen molar-refractivity contribution >= 4 is 17.2 Å². The molecule has 0 aliphatic rings.